The average molecular weight is 277 g/mol. The second-order valence-electron chi connectivity index (χ2n) is 5.17. The lowest BCUT2D eigenvalue weighted by Gasteiger charge is -2.28. The van der Waals surface area contributed by atoms with E-state index in [4.69, 9.17) is 4.74 Å². The second-order valence-corrected chi connectivity index (χ2v) is 5.17. The van der Waals surface area contributed by atoms with E-state index >= 15 is 0 Å². The molecule has 0 N–H and O–H groups in total. The van der Waals surface area contributed by atoms with Gasteiger partial charge in [0.2, 0.25) is 0 Å². The summed E-state index contributed by atoms with van der Waals surface area (Å²) in [4.78, 5) is 4.62. The molecule has 2 aromatic carbocycles. The van der Waals surface area contributed by atoms with Gasteiger partial charge in [0.25, 0.3) is 0 Å². The number of hydrogen-bond acceptors (Lipinski definition) is 2. The molecular formula is C19H19NO. The topological polar surface area (TPSA) is 21.6 Å². The van der Waals surface area contributed by atoms with Crippen LogP contribution < -0.4 is 0 Å². The minimum atomic E-state index is -0.272. The van der Waals surface area contributed by atoms with Crippen molar-refractivity contribution in [2.75, 3.05) is 13.2 Å². The maximum Gasteiger partial charge on any atom is 0.199 e. The Balaban J connectivity index is 2.18. The van der Waals surface area contributed by atoms with Crippen LogP contribution in [0.3, 0.4) is 0 Å². The van der Waals surface area contributed by atoms with E-state index < -0.39 is 0 Å². The quantitative estimate of drug-likeness (QED) is 0.775. The van der Waals surface area contributed by atoms with Crippen molar-refractivity contribution in [2.24, 2.45) is 4.99 Å². The molecule has 1 saturated heterocycles. The molecule has 3 rings (SSSR count). The van der Waals surface area contributed by atoms with Gasteiger partial charge < -0.3 is 4.74 Å². The van der Waals surface area contributed by atoms with Crippen LogP contribution in [0.2, 0.25) is 0 Å². The molecule has 0 atom stereocenters. The Labute approximate surface area is 125 Å². The number of aliphatic imine (C=N–C) groups is 1. The summed E-state index contributed by atoms with van der Waals surface area (Å²) < 4.78 is 5.88. The van der Waals surface area contributed by atoms with Crippen molar-refractivity contribution in [1.82, 2.24) is 0 Å². The first-order valence-electron chi connectivity index (χ1n) is 7.27. The molecule has 2 heteroatoms. The predicted octanol–water partition coefficient (Wildman–Crippen LogP) is 3.98. The lowest BCUT2D eigenvalue weighted by molar-refractivity contribution is 0.342. The van der Waals surface area contributed by atoms with E-state index in [0.717, 1.165) is 12.3 Å². The zero-order valence-corrected chi connectivity index (χ0v) is 12.0. The van der Waals surface area contributed by atoms with Crippen LogP contribution in [0, 0.1) is 0 Å². The summed E-state index contributed by atoms with van der Waals surface area (Å²) in [6.45, 7) is 5.03. The first-order chi connectivity index (χ1) is 10.4. The van der Waals surface area contributed by atoms with Crippen molar-refractivity contribution in [1.29, 1.82) is 0 Å². The fourth-order valence-electron chi connectivity index (χ4n) is 3.01. The Morgan fingerprint density at radius 3 is 2.10 bits per heavy atom. The molecule has 1 aliphatic rings. The van der Waals surface area contributed by atoms with Gasteiger partial charge >= 0.3 is 0 Å². The molecule has 0 saturated carbocycles. The molecule has 1 fully saturated rings. The smallest absolute Gasteiger partial charge is 0.199 e. The fourth-order valence-corrected chi connectivity index (χ4v) is 3.01. The Morgan fingerprint density at radius 1 is 1.00 bits per heavy atom. The van der Waals surface area contributed by atoms with Crippen LogP contribution in [0.15, 0.2) is 78.3 Å². The van der Waals surface area contributed by atoms with E-state index in [0.29, 0.717) is 13.2 Å². The fraction of sp³-hybridized carbons (Fsp3) is 0.211. The Hall–Kier alpha value is -2.35. The number of nitrogens with zero attached hydrogens (tertiary/aromatic N) is 1. The molecule has 0 bridgehead atoms. The van der Waals surface area contributed by atoms with Gasteiger partial charge in [-0.3, -0.25) is 4.99 Å². The highest BCUT2D eigenvalue weighted by Crippen LogP contribution is 2.41. The molecule has 0 aromatic heterocycles. The van der Waals surface area contributed by atoms with E-state index in [2.05, 4.69) is 60.1 Å². The van der Waals surface area contributed by atoms with Gasteiger partial charge in [-0.1, -0.05) is 66.7 Å². The third kappa shape index (κ3) is 2.38. The van der Waals surface area contributed by atoms with Crippen LogP contribution in [0.5, 0.6) is 0 Å². The molecule has 21 heavy (non-hydrogen) atoms. The van der Waals surface area contributed by atoms with Gasteiger partial charge in [0, 0.05) is 6.42 Å². The van der Waals surface area contributed by atoms with Gasteiger partial charge in [0.15, 0.2) is 5.90 Å². The Bertz CT molecular complexity index is 592. The summed E-state index contributed by atoms with van der Waals surface area (Å²) >= 11 is 0. The maximum absolute atomic E-state index is 5.88. The highest BCUT2D eigenvalue weighted by molar-refractivity contribution is 5.93. The zero-order valence-electron chi connectivity index (χ0n) is 12.0. The van der Waals surface area contributed by atoms with Crippen molar-refractivity contribution in [3.8, 4) is 0 Å². The van der Waals surface area contributed by atoms with E-state index in [9.17, 15) is 0 Å². The summed E-state index contributed by atoms with van der Waals surface area (Å²) in [5.74, 6) is 0.805. The Morgan fingerprint density at radius 2 is 1.57 bits per heavy atom. The van der Waals surface area contributed by atoms with Crippen molar-refractivity contribution in [2.45, 2.75) is 11.8 Å². The zero-order chi connectivity index (χ0) is 14.5. The van der Waals surface area contributed by atoms with Crippen LogP contribution in [-0.2, 0) is 10.2 Å². The van der Waals surface area contributed by atoms with Crippen molar-refractivity contribution >= 4 is 5.90 Å². The van der Waals surface area contributed by atoms with Crippen LogP contribution in [-0.4, -0.2) is 19.0 Å². The van der Waals surface area contributed by atoms with Crippen molar-refractivity contribution in [3.05, 3.63) is 84.4 Å². The molecule has 1 aliphatic heterocycles. The van der Waals surface area contributed by atoms with Crippen LogP contribution in [0.4, 0.5) is 0 Å². The van der Waals surface area contributed by atoms with Crippen LogP contribution >= 0.6 is 0 Å². The van der Waals surface area contributed by atoms with Gasteiger partial charge in [0.1, 0.15) is 0 Å². The van der Waals surface area contributed by atoms with E-state index in [1.807, 2.05) is 12.1 Å². The molecule has 0 radical (unpaired) electrons. The molecule has 0 unspecified atom stereocenters. The second kappa shape index (κ2) is 5.96. The number of benzene rings is 2. The number of hydrogen-bond donors (Lipinski definition) is 0. The van der Waals surface area contributed by atoms with Crippen molar-refractivity contribution < 1.29 is 4.74 Å². The molecule has 0 spiro atoms. The highest BCUT2D eigenvalue weighted by atomic mass is 16.5. The standard InChI is InChI=1S/C19H19NO/c1-2-14-20-18-19(13-15-21-18,16-9-5-3-6-10-16)17-11-7-4-8-12-17/h2-12H,1,13-15H2. The SMILES string of the molecule is C=CCN=C1OCCC1(c1ccccc1)c1ccccc1. The largest absolute Gasteiger partial charge is 0.480 e. The summed E-state index contributed by atoms with van der Waals surface area (Å²) in [7, 11) is 0. The highest BCUT2D eigenvalue weighted by Gasteiger charge is 2.45. The Kier molecular flexibility index (Phi) is 3.87. The molecule has 2 aromatic rings. The summed E-state index contributed by atoms with van der Waals surface area (Å²) in [6, 6.07) is 21.0. The number of ether oxygens (including phenoxy) is 1. The van der Waals surface area contributed by atoms with Gasteiger partial charge in [0.05, 0.1) is 18.6 Å². The third-order valence-corrected chi connectivity index (χ3v) is 3.98. The molecule has 0 aliphatic carbocycles. The molecule has 106 valence electrons. The normalized spacial score (nSPS) is 18.4. The lowest BCUT2D eigenvalue weighted by atomic mass is 9.73. The average Bonchev–Trinajstić information content (AvgIpc) is 2.99. The first-order valence-corrected chi connectivity index (χ1v) is 7.27. The van der Waals surface area contributed by atoms with Gasteiger partial charge in [-0.15, -0.1) is 6.58 Å². The van der Waals surface area contributed by atoms with Crippen LogP contribution in [0.25, 0.3) is 0 Å². The minimum Gasteiger partial charge on any atom is -0.480 e. The van der Waals surface area contributed by atoms with E-state index in [-0.39, 0.29) is 5.41 Å². The van der Waals surface area contributed by atoms with Gasteiger partial charge in [-0.2, -0.15) is 0 Å². The minimum absolute atomic E-state index is 0.272. The van der Waals surface area contributed by atoms with Gasteiger partial charge in [-0.25, -0.2) is 0 Å². The van der Waals surface area contributed by atoms with E-state index in [1.54, 1.807) is 6.08 Å². The predicted molar refractivity (Wildman–Crippen MR) is 86.7 cm³/mol. The molecule has 1 heterocycles. The maximum atomic E-state index is 5.88. The van der Waals surface area contributed by atoms with Crippen LogP contribution in [0.1, 0.15) is 17.5 Å². The van der Waals surface area contributed by atoms with E-state index in [1.165, 1.54) is 11.1 Å². The molecular weight excluding hydrogens is 258 g/mol. The summed E-state index contributed by atoms with van der Waals surface area (Å²) in [5.41, 5.74) is 2.19. The summed E-state index contributed by atoms with van der Waals surface area (Å²) in [6.07, 6.45) is 2.71. The molecule has 2 nitrogen and oxygen atoms in total. The monoisotopic (exact) mass is 277 g/mol. The third-order valence-electron chi connectivity index (χ3n) is 3.98. The summed E-state index contributed by atoms with van der Waals surface area (Å²) in [5, 5.41) is 0. The van der Waals surface area contributed by atoms with Gasteiger partial charge in [-0.05, 0) is 11.1 Å². The lowest BCUT2D eigenvalue weighted by Crippen LogP contribution is -2.33. The van der Waals surface area contributed by atoms with Crippen molar-refractivity contribution in [3.63, 3.8) is 0 Å². The number of rotatable bonds is 4. The molecule has 0 amide bonds. The first kappa shape index (κ1) is 13.6.